The second kappa shape index (κ2) is 17.6. The molecule has 1 rings (SSSR count). The summed E-state index contributed by atoms with van der Waals surface area (Å²) in [5.74, 6) is 3.00. The molecule has 0 aliphatic heterocycles. The number of benzene rings is 1. The molecule has 7 heteroatoms. The highest BCUT2D eigenvalue weighted by Crippen LogP contribution is 2.18. The Morgan fingerprint density at radius 2 is 1.65 bits per heavy atom. The molecule has 26 heavy (non-hydrogen) atoms. The van der Waals surface area contributed by atoms with Crippen molar-refractivity contribution in [3.63, 3.8) is 0 Å². The van der Waals surface area contributed by atoms with Gasteiger partial charge in [-0.15, -0.1) is 23.2 Å². The maximum Gasteiger partial charge on any atom is 0.411 e. The van der Waals surface area contributed by atoms with Crippen molar-refractivity contribution in [1.82, 2.24) is 0 Å². The Hall–Kier alpha value is -0.780. The maximum atomic E-state index is 11.7. The number of thioether (sulfide) groups is 1. The van der Waals surface area contributed by atoms with E-state index in [0.717, 1.165) is 36.7 Å². The largest absolute Gasteiger partial charge is 0.448 e. The summed E-state index contributed by atoms with van der Waals surface area (Å²) in [6.45, 7) is 8.27. The van der Waals surface area contributed by atoms with Crippen LogP contribution in [0.25, 0.3) is 0 Å². The van der Waals surface area contributed by atoms with E-state index in [2.05, 4.69) is 31.0 Å². The van der Waals surface area contributed by atoms with Crippen molar-refractivity contribution in [1.29, 1.82) is 0 Å². The molecule has 1 N–H and O–H groups in total. The first-order valence-corrected chi connectivity index (χ1v) is 11.3. The highest BCUT2D eigenvalue weighted by Gasteiger charge is 2.07. The molecular formula is C19H32Cl2N2O2S. The van der Waals surface area contributed by atoms with Crippen molar-refractivity contribution in [3.8, 4) is 0 Å². The van der Waals surface area contributed by atoms with Crippen molar-refractivity contribution in [2.45, 2.75) is 33.6 Å². The number of carbonyl (C=O) groups is 1. The quantitative estimate of drug-likeness (QED) is 0.346. The molecule has 1 aromatic rings. The van der Waals surface area contributed by atoms with Crippen LogP contribution in [0.2, 0.25) is 0 Å². The van der Waals surface area contributed by atoms with E-state index < -0.39 is 6.09 Å². The highest BCUT2D eigenvalue weighted by molar-refractivity contribution is 7.99. The van der Waals surface area contributed by atoms with Crippen LogP contribution in [0.1, 0.15) is 33.6 Å². The van der Waals surface area contributed by atoms with Crippen LogP contribution in [-0.4, -0.2) is 49.1 Å². The van der Waals surface area contributed by atoms with Crippen LogP contribution in [0.3, 0.4) is 0 Å². The van der Waals surface area contributed by atoms with Crippen molar-refractivity contribution in [2.24, 2.45) is 0 Å². The predicted molar refractivity (Wildman–Crippen MR) is 119 cm³/mol. The van der Waals surface area contributed by atoms with Gasteiger partial charge in [-0.3, -0.25) is 5.32 Å². The lowest BCUT2D eigenvalue weighted by Gasteiger charge is -2.23. The minimum atomic E-state index is -0.423. The lowest BCUT2D eigenvalue weighted by atomic mass is 10.2. The minimum Gasteiger partial charge on any atom is -0.448 e. The third-order valence-corrected chi connectivity index (χ3v) is 4.49. The fourth-order valence-electron chi connectivity index (χ4n) is 1.92. The van der Waals surface area contributed by atoms with E-state index in [9.17, 15) is 4.79 Å². The van der Waals surface area contributed by atoms with E-state index in [1.54, 1.807) is 11.8 Å². The van der Waals surface area contributed by atoms with Gasteiger partial charge in [-0.25, -0.2) is 4.79 Å². The van der Waals surface area contributed by atoms with Crippen LogP contribution in [0.15, 0.2) is 24.3 Å². The van der Waals surface area contributed by atoms with Crippen molar-refractivity contribution in [2.75, 3.05) is 53.2 Å². The lowest BCUT2D eigenvalue weighted by Crippen LogP contribution is -2.27. The predicted octanol–water partition coefficient (Wildman–Crippen LogP) is 6.08. The summed E-state index contributed by atoms with van der Waals surface area (Å²) in [4.78, 5) is 13.8. The number of halogens is 2. The number of hydrogen-bond acceptors (Lipinski definition) is 4. The van der Waals surface area contributed by atoms with E-state index in [1.165, 1.54) is 6.42 Å². The van der Waals surface area contributed by atoms with Gasteiger partial charge in [0.2, 0.25) is 0 Å². The molecule has 1 aromatic carbocycles. The fraction of sp³-hybridized carbons (Fsp3) is 0.632. The molecule has 0 aromatic heterocycles. The van der Waals surface area contributed by atoms with Gasteiger partial charge in [0.25, 0.3) is 0 Å². The molecule has 1 amide bonds. The van der Waals surface area contributed by atoms with Gasteiger partial charge in [0.15, 0.2) is 0 Å². The Labute approximate surface area is 172 Å². The van der Waals surface area contributed by atoms with E-state index in [4.69, 9.17) is 27.9 Å². The second-order valence-corrected chi connectivity index (χ2v) is 7.47. The first-order chi connectivity index (χ1) is 12.6. The van der Waals surface area contributed by atoms with Gasteiger partial charge >= 0.3 is 6.09 Å². The van der Waals surface area contributed by atoms with Crippen LogP contribution in [0, 0.1) is 0 Å². The van der Waals surface area contributed by atoms with Crippen molar-refractivity contribution < 1.29 is 9.53 Å². The number of alkyl halides is 2. The fourth-order valence-corrected chi connectivity index (χ4v) is 3.03. The first kappa shape index (κ1) is 25.2. The van der Waals surface area contributed by atoms with Gasteiger partial charge < -0.3 is 9.64 Å². The van der Waals surface area contributed by atoms with Gasteiger partial charge in [-0.05, 0) is 36.4 Å². The zero-order valence-electron chi connectivity index (χ0n) is 16.1. The number of nitrogens with one attached hydrogen (secondary N) is 1. The molecule has 150 valence electrons. The molecule has 0 aliphatic carbocycles. The molecule has 0 spiro atoms. The molecule has 0 bridgehead atoms. The molecule has 0 saturated heterocycles. The number of carbonyl (C=O) groups excluding carboxylic acids is 1. The summed E-state index contributed by atoms with van der Waals surface area (Å²) in [6.07, 6.45) is 1.96. The number of amides is 1. The smallest absolute Gasteiger partial charge is 0.411 e. The van der Waals surface area contributed by atoms with E-state index >= 15 is 0 Å². The van der Waals surface area contributed by atoms with E-state index in [1.807, 2.05) is 24.3 Å². The average Bonchev–Trinajstić information content (AvgIpc) is 2.63. The number of rotatable bonds is 11. The minimum absolute atomic E-state index is 0.423. The van der Waals surface area contributed by atoms with Crippen LogP contribution < -0.4 is 10.2 Å². The number of ether oxygens (including phenoxy) is 1. The van der Waals surface area contributed by atoms with Gasteiger partial charge in [-0.2, -0.15) is 11.8 Å². The summed E-state index contributed by atoms with van der Waals surface area (Å²) in [7, 11) is 0. The van der Waals surface area contributed by atoms with Gasteiger partial charge in [0.1, 0.15) is 6.61 Å². The summed E-state index contributed by atoms with van der Waals surface area (Å²) in [6, 6.07) is 7.56. The van der Waals surface area contributed by atoms with Crippen molar-refractivity contribution >= 4 is 52.4 Å². The number of hydrogen-bond donors (Lipinski definition) is 1. The van der Waals surface area contributed by atoms with E-state index in [-0.39, 0.29) is 0 Å². The molecule has 0 aliphatic rings. The summed E-state index contributed by atoms with van der Waals surface area (Å²) < 4.78 is 5.13. The normalized spacial score (nSPS) is 9.88. The lowest BCUT2D eigenvalue weighted by molar-refractivity contribution is 0.169. The summed E-state index contributed by atoms with van der Waals surface area (Å²) in [5, 5.41) is 2.72. The van der Waals surface area contributed by atoms with Crippen LogP contribution in [-0.2, 0) is 4.74 Å². The molecule has 0 radical (unpaired) electrons. The number of anilines is 2. The standard InChI is InChI=1S/C16H24Cl2N2O2S.C3H8/c1-2-12-23-13-11-22-16(21)19-14-3-5-15(6-4-14)20(9-7-17)10-8-18;1-3-2/h3-6H,2,7-13H2,1H3,(H,19,21);3H2,1-2H3. The molecule has 4 nitrogen and oxygen atoms in total. The molecule has 0 atom stereocenters. The Balaban J connectivity index is 0.00000194. The van der Waals surface area contributed by atoms with Crippen LogP contribution in [0.5, 0.6) is 0 Å². The Bertz CT molecular complexity index is 455. The summed E-state index contributed by atoms with van der Waals surface area (Å²) >= 11 is 13.4. The Kier molecular flexibility index (Phi) is 17.1. The zero-order chi connectivity index (χ0) is 19.6. The summed E-state index contributed by atoms with van der Waals surface area (Å²) in [5.41, 5.74) is 1.73. The van der Waals surface area contributed by atoms with Gasteiger partial charge in [-0.1, -0.05) is 27.2 Å². The van der Waals surface area contributed by atoms with Crippen molar-refractivity contribution in [3.05, 3.63) is 24.3 Å². The van der Waals surface area contributed by atoms with Gasteiger partial charge in [0, 0.05) is 42.0 Å². The maximum absolute atomic E-state index is 11.7. The Morgan fingerprint density at radius 1 is 1.08 bits per heavy atom. The molecule has 0 heterocycles. The van der Waals surface area contributed by atoms with Crippen LogP contribution in [0.4, 0.5) is 16.2 Å². The monoisotopic (exact) mass is 422 g/mol. The topological polar surface area (TPSA) is 41.6 Å². The zero-order valence-corrected chi connectivity index (χ0v) is 18.4. The SMILES string of the molecule is CCC.CCCSCCOC(=O)Nc1ccc(N(CCCl)CCCl)cc1. The number of nitrogens with zero attached hydrogens (tertiary/aromatic N) is 1. The molecule has 0 saturated carbocycles. The second-order valence-electron chi connectivity index (χ2n) is 5.49. The molecule has 0 unspecified atom stereocenters. The molecule has 0 fully saturated rings. The molecular weight excluding hydrogens is 391 g/mol. The third-order valence-electron chi connectivity index (χ3n) is 3.00. The van der Waals surface area contributed by atoms with Crippen LogP contribution >= 0.6 is 35.0 Å². The Morgan fingerprint density at radius 3 is 2.15 bits per heavy atom. The van der Waals surface area contributed by atoms with Gasteiger partial charge in [0.05, 0.1) is 0 Å². The third kappa shape index (κ3) is 12.6. The van der Waals surface area contributed by atoms with E-state index in [0.29, 0.717) is 24.1 Å². The first-order valence-electron chi connectivity index (χ1n) is 9.11. The highest BCUT2D eigenvalue weighted by atomic mass is 35.5. The average molecular weight is 423 g/mol.